The second-order valence-corrected chi connectivity index (χ2v) is 20.2. The van der Waals surface area contributed by atoms with Crippen LogP contribution in [0.4, 0.5) is 11.4 Å². The molecule has 0 aliphatic heterocycles. The van der Waals surface area contributed by atoms with Crippen LogP contribution in [-0.2, 0) is 34.0 Å². The summed E-state index contributed by atoms with van der Waals surface area (Å²) < 4.78 is 0. The molecule has 4 atom stereocenters. The molecule has 1 heterocycles. The molecule has 296 valence electrons. The molecular weight excluding hydrogens is 883 g/mol. The Balaban J connectivity index is 0.000000326. The molecule has 7 rings (SSSR count). The summed E-state index contributed by atoms with van der Waals surface area (Å²) in [6.07, 6.45) is 25.0. The Morgan fingerprint density at radius 3 is 1.40 bits per heavy atom. The van der Waals surface area contributed by atoms with Crippen LogP contribution in [-0.4, -0.2) is 16.4 Å². The molecule has 0 amide bonds. The van der Waals surface area contributed by atoms with Gasteiger partial charge in [0.2, 0.25) is 0 Å². The van der Waals surface area contributed by atoms with E-state index in [1.165, 1.54) is 25.7 Å². The molecule has 0 N–H and O–H groups in total. The van der Waals surface area contributed by atoms with Crippen molar-refractivity contribution in [2.45, 2.75) is 67.2 Å². The van der Waals surface area contributed by atoms with Crippen molar-refractivity contribution >= 4 is 60.0 Å². The van der Waals surface area contributed by atoms with Gasteiger partial charge in [-0.05, 0) is 117 Å². The quantitative estimate of drug-likeness (QED) is 0.138. The average molecular weight is 941 g/mol. The van der Waals surface area contributed by atoms with E-state index in [1.54, 1.807) is 0 Å². The van der Waals surface area contributed by atoms with Gasteiger partial charge in [0, 0.05) is 0 Å². The minimum atomic E-state index is -0.826. The molecule has 2 fully saturated rings. The van der Waals surface area contributed by atoms with Gasteiger partial charge >= 0.3 is 71.2 Å². The van der Waals surface area contributed by atoms with Gasteiger partial charge in [-0.2, -0.15) is 0 Å². The summed E-state index contributed by atoms with van der Waals surface area (Å²) in [6.45, 7) is 13.3. The van der Waals surface area contributed by atoms with Crippen LogP contribution in [0.3, 0.4) is 0 Å². The Bertz CT molecular complexity index is 1700. The summed E-state index contributed by atoms with van der Waals surface area (Å²) >= 11 is -0.631. The average Bonchev–Trinajstić information content (AvgIpc) is 3.83. The van der Waals surface area contributed by atoms with Crippen molar-refractivity contribution < 1.29 is 34.0 Å². The third-order valence-corrected chi connectivity index (χ3v) is 11.3. The molecule has 3 aromatic rings. The second-order valence-electron chi connectivity index (χ2n) is 14.7. The van der Waals surface area contributed by atoms with Gasteiger partial charge in [-0.25, -0.2) is 4.98 Å². The summed E-state index contributed by atoms with van der Waals surface area (Å²) in [6, 6.07) is 22.2. The monoisotopic (exact) mass is 937 g/mol. The maximum absolute atomic E-state index is 4.93. The standard InChI is InChI=1S/C23H23N3.C21H28.2CH3.4ClH.Fe.Zr/c1-16-10-5-7-12-20(16)24-18(3)22-14-9-15-23(26-22)19(4)25-21-13-8-6-11-17(21)2;1-21(2,15-9-3-4-10-15)20-18-13-7-5-11-16(18)17-12-6-8-14-19(17)20;;;;;;;;/h5-15H,1-4H3;5-8,11-20H,3-4,9-10H2,1-2H3;2*1H3;4*1H;;/q;;2*-1;;;;;+2;+4/p-4. The van der Waals surface area contributed by atoms with Gasteiger partial charge in [-0.15, -0.1) is 0 Å². The summed E-state index contributed by atoms with van der Waals surface area (Å²) in [5.41, 5.74) is 8.24. The molecule has 0 radical (unpaired) electrons. The van der Waals surface area contributed by atoms with Crippen molar-refractivity contribution in [3.63, 3.8) is 0 Å². The molecule has 55 heavy (non-hydrogen) atoms. The van der Waals surface area contributed by atoms with Crippen molar-refractivity contribution in [3.8, 4) is 0 Å². The number of fused-ring (bicyclic) bond motifs is 3. The van der Waals surface area contributed by atoms with Gasteiger partial charge in [0.05, 0.1) is 34.2 Å². The van der Waals surface area contributed by atoms with Crippen LogP contribution in [0.2, 0.25) is 0 Å². The molecule has 3 nitrogen and oxygen atoms in total. The molecule has 4 aliphatic rings. The van der Waals surface area contributed by atoms with Crippen LogP contribution in [0.1, 0.15) is 75.9 Å². The van der Waals surface area contributed by atoms with Crippen molar-refractivity contribution in [1.29, 1.82) is 0 Å². The third-order valence-electron chi connectivity index (χ3n) is 11.3. The number of para-hydroxylation sites is 2. The number of benzene rings is 2. The van der Waals surface area contributed by atoms with Crippen molar-refractivity contribution in [2.24, 2.45) is 50.9 Å². The maximum atomic E-state index is 4.93. The second kappa shape index (κ2) is 25.1. The first-order chi connectivity index (χ1) is 25.6. The van der Waals surface area contributed by atoms with Gasteiger partial charge in [-0.3, -0.25) is 9.98 Å². The predicted molar refractivity (Wildman–Crippen MR) is 236 cm³/mol. The van der Waals surface area contributed by atoms with E-state index in [1.807, 2.05) is 68.4 Å². The first-order valence-corrected chi connectivity index (χ1v) is 27.6. The van der Waals surface area contributed by atoms with E-state index in [0.717, 1.165) is 80.8 Å². The van der Waals surface area contributed by atoms with Gasteiger partial charge in [-0.1, -0.05) is 118 Å². The zero-order valence-electron chi connectivity index (χ0n) is 33.5. The first kappa shape index (κ1) is 49.6. The fraction of sp³-hybridized carbons (Fsp3) is 0.370. The number of aromatic nitrogens is 1. The molecule has 1 aromatic heterocycles. The Labute approximate surface area is 366 Å². The Hall–Kier alpha value is -1.55. The minimum absolute atomic E-state index is 0. The number of nitrogens with zero attached hydrogens (tertiary/aromatic N) is 3. The molecule has 4 aliphatic carbocycles. The zero-order valence-corrected chi connectivity index (χ0v) is 40.1. The van der Waals surface area contributed by atoms with E-state index in [0.29, 0.717) is 5.41 Å². The Morgan fingerprint density at radius 2 is 1.02 bits per heavy atom. The van der Waals surface area contributed by atoms with Crippen LogP contribution in [0.5, 0.6) is 0 Å². The predicted octanol–water partition coefficient (Wildman–Crippen LogP) is 15.2. The summed E-state index contributed by atoms with van der Waals surface area (Å²) in [4.78, 5) is 14.2. The van der Waals surface area contributed by atoms with Gasteiger partial charge in [0.1, 0.15) is 0 Å². The topological polar surface area (TPSA) is 37.6 Å². The van der Waals surface area contributed by atoms with E-state index >= 15 is 0 Å². The molecule has 9 heteroatoms. The normalized spacial score (nSPS) is 22.3. The number of rotatable bonds is 6. The van der Waals surface area contributed by atoms with E-state index in [2.05, 4.69) is 88.4 Å². The number of hydrogen-bond donors (Lipinski definition) is 0. The summed E-state index contributed by atoms with van der Waals surface area (Å²) in [5.74, 6) is 4.68. The molecular formula is C46H57Cl4FeN3Zr. The molecule has 4 unspecified atom stereocenters. The number of hydrogen-bond acceptors (Lipinski definition) is 3. The van der Waals surface area contributed by atoms with Crippen LogP contribution in [0.25, 0.3) is 0 Å². The number of halogens is 4. The van der Waals surface area contributed by atoms with Crippen LogP contribution in [0.15, 0.2) is 125 Å². The van der Waals surface area contributed by atoms with Crippen LogP contribution < -0.4 is 0 Å². The van der Waals surface area contributed by atoms with Gasteiger partial charge in [0.15, 0.2) is 0 Å². The van der Waals surface area contributed by atoms with E-state index in [-0.39, 0.29) is 28.0 Å². The number of aliphatic imine (C=N–C) groups is 2. The van der Waals surface area contributed by atoms with E-state index < -0.39 is 20.8 Å². The van der Waals surface area contributed by atoms with Crippen molar-refractivity contribution in [2.75, 3.05) is 0 Å². The number of aryl methyl sites for hydroxylation is 2. The van der Waals surface area contributed by atoms with Crippen molar-refractivity contribution in [1.82, 2.24) is 4.98 Å². The van der Waals surface area contributed by atoms with Crippen LogP contribution in [0, 0.1) is 69.6 Å². The zero-order chi connectivity index (χ0) is 38.4. The number of pyridine rings is 1. The molecule has 0 bridgehead atoms. The SMILES string of the molecule is CC(=Nc1ccccc1C)c1cccc(C(C)=Nc2ccccc2C)n1.CC(C)(C1CCCC1)C1C2C=CC=CC2C2C=CC=CC21.[CH3-].[CH3-].[Cl][Fe][Cl].[Cl][Zr+2][Cl]. The van der Waals surface area contributed by atoms with E-state index in [9.17, 15) is 0 Å². The third kappa shape index (κ3) is 13.5. The molecule has 2 aromatic carbocycles. The summed E-state index contributed by atoms with van der Waals surface area (Å²) in [5, 5.41) is 0. The van der Waals surface area contributed by atoms with Crippen LogP contribution >= 0.6 is 37.2 Å². The molecule has 0 spiro atoms. The van der Waals surface area contributed by atoms with E-state index in [4.69, 9.17) is 52.2 Å². The molecule has 0 saturated heterocycles. The Kier molecular flexibility index (Phi) is 22.6. The number of allylic oxidation sites excluding steroid dienone is 8. The molecule has 2 saturated carbocycles. The first-order valence-electron chi connectivity index (χ1n) is 18.3. The fourth-order valence-electron chi connectivity index (χ4n) is 8.65. The van der Waals surface area contributed by atoms with Gasteiger partial charge in [0.25, 0.3) is 0 Å². The fourth-order valence-corrected chi connectivity index (χ4v) is 8.65. The Morgan fingerprint density at radius 1 is 0.655 bits per heavy atom. The van der Waals surface area contributed by atoms with Crippen molar-refractivity contribution in [3.05, 3.63) is 153 Å². The van der Waals surface area contributed by atoms with Gasteiger partial charge < -0.3 is 14.9 Å². The summed E-state index contributed by atoms with van der Waals surface area (Å²) in [7, 11) is 19.4.